The number of rotatable bonds is 0. The smallest absolute Gasteiger partial charge is 0.0419 e. The zero-order valence-electron chi connectivity index (χ0n) is 5.71. The molecule has 1 nitrogen and oxygen atoms in total. The highest BCUT2D eigenvalue weighted by atomic mass is 14.8. The summed E-state index contributed by atoms with van der Waals surface area (Å²) >= 11 is 0. The number of fused-ring (bicyclic) bond motifs is 1. The third-order valence-corrected chi connectivity index (χ3v) is 2.60. The minimum Gasteiger partial charge on any atom is -0.297 e. The molecule has 0 aromatic carbocycles. The molecule has 0 radical (unpaired) electrons. The predicted octanol–water partition coefficient (Wildman–Crippen LogP) is 1.88. The van der Waals surface area contributed by atoms with Gasteiger partial charge < -0.3 is 0 Å². The van der Waals surface area contributed by atoms with Crippen LogP contribution in [0.5, 0.6) is 0 Å². The average molecular weight is 123 g/mol. The first-order valence-electron chi connectivity index (χ1n) is 3.97. The van der Waals surface area contributed by atoms with Crippen molar-refractivity contribution in [2.45, 2.75) is 25.7 Å². The molecule has 2 aliphatic rings. The third kappa shape index (κ3) is 0.887. The molecule has 0 bridgehead atoms. The van der Waals surface area contributed by atoms with Crippen LogP contribution >= 0.6 is 0 Å². The lowest BCUT2D eigenvalue weighted by molar-refractivity contribution is 0.332. The molecular weight excluding hydrogens is 110 g/mol. The Morgan fingerprint density at radius 1 is 1.22 bits per heavy atom. The normalized spacial score (nSPS) is 40.9. The van der Waals surface area contributed by atoms with Crippen molar-refractivity contribution in [1.82, 2.24) is 0 Å². The number of hydrogen-bond acceptors (Lipinski definition) is 1. The van der Waals surface area contributed by atoms with E-state index >= 15 is 0 Å². The molecule has 1 aliphatic carbocycles. The van der Waals surface area contributed by atoms with Gasteiger partial charge in [-0.05, 0) is 24.7 Å². The topological polar surface area (TPSA) is 12.4 Å². The van der Waals surface area contributed by atoms with Gasteiger partial charge in [-0.1, -0.05) is 12.8 Å². The molecule has 0 aromatic rings. The van der Waals surface area contributed by atoms with Crippen LogP contribution in [0.4, 0.5) is 0 Å². The largest absolute Gasteiger partial charge is 0.297 e. The van der Waals surface area contributed by atoms with E-state index in [0.29, 0.717) is 0 Å². The Balaban J connectivity index is 2.03. The summed E-state index contributed by atoms with van der Waals surface area (Å²) < 4.78 is 0. The van der Waals surface area contributed by atoms with Gasteiger partial charge in [0, 0.05) is 12.8 Å². The minimum atomic E-state index is 0.874. The second-order valence-corrected chi connectivity index (χ2v) is 3.22. The van der Waals surface area contributed by atoms with E-state index in [1.165, 1.54) is 25.7 Å². The molecule has 0 saturated heterocycles. The van der Waals surface area contributed by atoms with Crippen molar-refractivity contribution in [3.8, 4) is 0 Å². The van der Waals surface area contributed by atoms with Gasteiger partial charge in [0.1, 0.15) is 0 Å². The van der Waals surface area contributed by atoms with E-state index in [4.69, 9.17) is 0 Å². The van der Waals surface area contributed by atoms with Gasteiger partial charge >= 0.3 is 0 Å². The Morgan fingerprint density at radius 2 is 2.11 bits per heavy atom. The molecule has 1 fully saturated rings. The molecule has 1 heteroatoms. The van der Waals surface area contributed by atoms with Gasteiger partial charge in [-0.2, -0.15) is 0 Å². The molecule has 2 rings (SSSR count). The highest BCUT2D eigenvalue weighted by Gasteiger charge is 2.26. The van der Waals surface area contributed by atoms with Crippen molar-refractivity contribution < 1.29 is 0 Å². The van der Waals surface area contributed by atoms with E-state index in [2.05, 4.69) is 11.2 Å². The Hall–Kier alpha value is -0.330. The summed E-state index contributed by atoms with van der Waals surface area (Å²) in [5, 5.41) is 0. The highest BCUT2D eigenvalue weighted by Crippen LogP contribution is 2.31. The lowest BCUT2D eigenvalue weighted by atomic mass is 9.82. The van der Waals surface area contributed by atoms with Crippen LogP contribution in [-0.2, 0) is 0 Å². The van der Waals surface area contributed by atoms with E-state index in [1.807, 2.05) is 0 Å². The molecule has 9 heavy (non-hydrogen) atoms. The average Bonchev–Trinajstić information content (AvgIpc) is 2.33. The van der Waals surface area contributed by atoms with Gasteiger partial charge in [-0.3, -0.25) is 4.99 Å². The van der Waals surface area contributed by atoms with Crippen LogP contribution in [0.15, 0.2) is 4.99 Å². The summed E-state index contributed by atoms with van der Waals surface area (Å²) in [6.07, 6.45) is 7.92. The van der Waals surface area contributed by atoms with E-state index in [0.717, 1.165) is 18.4 Å². The lowest BCUT2D eigenvalue weighted by Gasteiger charge is -2.22. The Labute approximate surface area is 56.2 Å². The molecule has 50 valence electrons. The first kappa shape index (κ1) is 5.45. The van der Waals surface area contributed by atoms with Gasteiger partial charge in [0.05, 0.1) is 0 Å². The van der Waals surface area contributed by atoms with E-state index < -0.39 is 0 Å². The molecule has 2 atom stereocenters. The fourth-order valence-corrected chi connectivity index (χ4v) is 1.99. The maximum absolute atomic E-state index is 4.30. The van der Waals surface area contributed by atoms with Gasteiger partial charge in [0.25, 0.3) is 0 Å². The highest BCUT2D eigenvalue weighted by molar-refractivity contribution is 5.63. The number of nitrogens with zero attached hydrogens (tertiary/aromatic N) is 1. The first-order chi connectivity index (χ1) is 4.47. The molecule has 1 saturated carbocycles. The molecule has 2 unspecified atom stereocenters. The maximum Gasteiger partial charge on any atom is 0.0419 e. The predicted molar refractivity (Wildman–Crippen MR) is 38.8 cm³/mol. The quantitative estimate of drug-likeness (QED) is 0.466. The second kappa shape index (κ2) is 2.13. The van der Waals surface area contributed by atoms with Crippen molar-refractivity contribution in [3.05, 3.63) is 0 Å². The summed E-state index contributed by atoms with van der Waals surface area (Å²) in [6.45, 7) is 1.13. The van der Waals surface area contributed by atoms with Crippen molar-refractivity contribution >= 4 is 6.21 Å². The van der Waals surface area contributed by atoms with Crippen molar-refractivity contribution in [2.75, 3.05) is 6.54 Å². The van der Waals surface area contributed by atoms with Crippen molar-refractivity contribution in [2.24, 2.45) is 16.8 Å². The maximum atomic E-state index is 4.30. The van der Waals surface area contributed by atoms with Crippen molar-refractivity contribution in [1.29, 1.82) is 0 Å². The van der Waals surface area contributed by atoms with Crippen molar-refractivity contribution in [3.63, 3.8) is 0 Å². The molecule has 0 spiro atoms. The summed E-state index contributed by atoms with van der Waals surface area (Å²) in [7, 11) is 0. The number of hydrogen-bond donors (Lipinski definition) is 0. The Kier molecular flexibility index (Phi) is 1.29. The standard InChI is InChI=1S/C8H13N/c1-2-4-8-6-9-5-7(8)3-1/h5,7-8H,1-4,6H2. The number of aliphatic imine (C=N–C) groups is 1. The zero-order valence-corrected chi connectivity index (χ0v) is 5.71. The van der Waals surface area contributed by atoms with E-state index in [-0.39, 0.29) is 0 Å². The van der Waals surface area contributed by atoms with Crippen LogP contribution in [0.25, 0.3) is 0 Å². The second-order valence-electron chi connectivity index (χ2n) is 3.22. The van der Waals surface area contributed by atoms with E-state index in [9.17, 15) is 0 Å². The van der Waals surface area contributed by atoms with Crippen LogP contribution in [0.1, 0.15) is 25.7 Å². The van der Waals surface area contributed by atoms with Crippen LogP contribution in [-0.4, -0.2) is 12.8 Å². The molecular formula is C8H13N. The van der Waals surface area contributed by atoms with Gasteiger partial charge in [0.15, 0.2) is 0 Å². The van der Waals surface area contributed by atoms with Crippen LogP contribution in [0.3, 0.4) is 0 Å². The Morgan fingerprint density at radius 3 is 3.00 bits per heavy atom. The summed E-state index contributed by atoms with van der Waals surface area (Å²) in [5.74, 6) is 1.82. The molecule has 1 heterocycles. The minimum absolute atomic E-state index is 0.874. The molecule has 0 amide bonds. The van der Waals surface area contributed by atoms with Crippen LogP contribution < -0.4 is 0 Å². The third-order valence-electron chi connectivity index (χ3n) is 2.60. The van der Waals surface area contributed by atoms with Gasteiger partial charge in [0.2, 0.25) is 0 Å². The van der Waals surface area contributed by atoms with Gasteiger partial charge in [-0.15, -0.1) is 0 Å². The summed E-state index contributed by atoms with van der Waals surface area (Å²) in [6, 6.07) is 0. The van der Waals surface area contributed by atoms with Gasteiger partial charge in [-0.25, -0.2) is 0 Å². The fourth-order valence-electron chi connectivity index (χ4n) is 1.99. The van der Waals surface area contributed by atoms with Crippen LogP contribution in [0, 0.1) is 11.8 Å². The monoisotopic (exact) mass is 123 g/mol. The molecule has 0 aromatic heterocycles. The fraction of sp³-hybridized carbons (Fsp3) is 0.875. The first-order valence-corrected chi connectivity index (χ1v) is 3.97. The zero-order chi connectivity index (χ0) is 6.10. The summed E-state index contributed by atoms with van der Waals surface area (Å²) in [5.41, 5.74) is 0. The molecule has 0 N–H and O–H groups in total. The summed E-state index contributed by atoms with van der Waals surface area (Å²) in [4.78, 5) is 4.30. The SMILES string of the molecule is C1=NCC2CCCCC12. The van der Waals surface area contributed by atoms with Crippen LogP contribution in [0.2, 0.25) is 0 Å². The Bertz CT molecular complexity index is 129. The lowest BCUT2D eigenvalue weighted by Crippen LogP contribution is -2.17. The van der Waals surface area contributed by atoms with E-state index in [1.54, 1.807) is 0 Å². The molecule has 1 aliphatic heterocycles.